The van der Waals surface area contributed by atoms with E-state index in [1.165, 1.54) is 7.11 Å². The number of methoxy groups -OCH3 is 1. The zero-order chi connectivity index (χ0) is 14.2. The highest BCUT2D eigenvalue weighted by atomic mass is 16.5. The average molecular weight is 274 g/mol. The first-order valence-corrected chi connectivity index (χ1v) is 7.02. The third kappa shape index (κ3) is 1.80. The van der Waals surface area contributed by atoms with E-state index in [0.29, 0.717) is 12.1 Å². The molecule has 2 heterocycles. The molecule has 0 radical (unpaired) electrons. The highest BCUT2D eigenvalue weighted by Gasteiger charge is 2.60. The minimum Gasteiger partial charge on any atom is -0.467 e. The number of carbonyl (C=O) groups excluding carboxylic acids is 2. The van der Waals surface area contributed by atoms with Crippen LogP contribution < -0.4 is 0 Å². The number of pyridine rings is 1. The Balaban J connectivity index is 1.94. The number of esters is 1. The largest absolute Gasteiger partial charge is 0.467 e. The summed E-state index contributed by atoms with van der Waals surface area (Å²) in [5.74, 6) is -0.450. The number of nitrogens with zero attached hydrogens (tertiary/aromatic N) is 2. The number of ether oxygens (including phenoxy) is 1. The monoisotopic (exact) mass is 274 g/mol. The lowest BCUT2D eigenvalue weighted by Gasteiger charge is -2.54. The van der Waals surface area contributed by atoms with Crippen molar-refractivity contribution in [2.24, 2.45) is 0 Å². The lowest BCUT2D eigenvalue weighted by atomic mass is 9.76. The van der Waals surface area contributed by atoms with Crippen LogP contribution in [0.25, 0.3) is 0 Å². The highest BCUT2D eigenvalue weighted by molar-refractivity contribution is 5.98. The van der Waals surface area contributed by atoms with Gasteiger partial charge in [0.1, 0.15) is 11.2 Å². The molecule has 0 aromatic carbocycles. The van der Waals surface area contributed by atoms with E-state index < -0.39 is 5.54 Å². The Morgan fingerprint density at radius 1 is 1.40 bits per heavy atom. The molecule has 1 aliphatic heterocycles. The van der Waals surface area contributed by atoms with E-state index in [4.69, 9.17) is 4.74 Å². The van der Waals surface area contributed by atoms with E-state index in [2.05, 4.69) is 4.98 Å². The summed E-state index contributed by atoms with van der Waals surface area (Å²) in [6, 6.07) is 5.40. The van der Waals surface area contributed by atoms with Gasteiger partial charge in [0.15, 0.2) is 0 Å². The van der Waals surface area contributed by atoms with E-state index in [1.807, 2.05) is 0 Å². The molecule has 2 bridgehead atoms. The number of fused-ring (bicyclic) bond motifs is 2. The van der Waals surface area contributed by atoms with Gasteiger partial charge in [0, 0.05) is 18.7 Å². The van der Waals surface area contributed by atoms with Crippen molar-refractivity contribution in [2.45, 2.75) is 43.7 Å². The fourth-order valence-corrected chi connectivity index (χ4v) is 3.51. The molecule has 1 aromatic rings. The molecule has 106 valence electrons. The Kier molecular flexibility index (Phi) is 3.20. The maximum atomic E-state index is 12.7. The molecular formula is C15H18N2O3. The van der Waals surface area contributed by atoms with Crippen LogP contribution in [-0.4, -0.2) is 40.5 Å². The number of hydrogen-bond acceptors (Lipinski definition) is 4. The third-order valence-corrected chi connectivity index (χ3v) is 4.45. The Morgan fingerprint density at radius 2 is 2.25 bits per heavy atom. The summed E-state index contributed by atoms with van der Waals surface area (Å²) in [6.45, 7) is 0. The summed E-state index contributed by atoms with van der Waals surface area (Å²) >= 11 is 0. The van der Waals surface area contributed by atoms with Crippen LogP contribution in [0.2, 0.25) is 0 Å². The zero-order valence-electron chi connectivity index (χ0n) is 11.5. The lowest BCUT2D eigenvalue weighted by Crippen LogP contribution is -2.70. The van der Waals surface area contributed by atoms with Crippen LogP contribution in [0.4, 0.5) is 0 Å². The lowest BCUT2D eigenvalue weighted by molar-refractivity contribution is -0.167. The molecule has 0 unspecified atom stereocenters. The predicted molar refractivity (Wildman–Crippen MR) is 72.0 cm³/mol. The van der Waals surface area contributed by atoms with Gasteiger partial charge in [-0.1, -0.05) is 18.9 Å². The summed E-state index contributed by atoms with van der Waals surface area (Å²) in [5.41, 5.74) is -0.364. The third-order valence-electron chi connectivity index (χ3n) is 4.45. The highest BCUT2D eigenvalue weighted by Crippen LogP contribution is 2.47. The molecule has 2 atom stereocenters. The van der Waals surface area contributed by atoms with Gasteiger partial charge in [-0.05, 0) is 25.0 Å². The minimum absolute atomic E-state index is 0.145. The molecule has 0 spiro atoms. The van der Waals surface area contributed by atoms with Crippen molar-refractivity contribution in [3.8, 4) is 0 Å². The molecule has 1 aliphatic carbocycles. The van der Waals surface area contributed by atoms with Gasteiger partial charge in [-0.15, -0.1) is 0 Å². The summed E-state index contributed by atoms with van der Waals surface area (Å²) in [7, 11) is 1.39. The molecule has 1 saturated heterocycles. The van der Waals surface area contributed by atoms with Gasteiger partial charge in [-0.3, -0.25) is 9.78 Å². The normalized spacial score (nSPS) is 28.2. The van der Waals surface area contributed by atoms with Crippen molar-refractivity contribution in [1.29, 1.82) is 0 Å². The van der Waals surface area contributed by atoms with E-state index in [9.17, 15) is 9.59 Å². The van der Waals surface area contributed by atoms with Gasteiger partial charge in [-0.25, -0.2) is 4.79 Å². The predicted octanol–water partition coefficient (Wildman–Crippen LogP) is 1.78. The maximum Gasteiger partial charge on any atom is 0.331 e. The quantitative estimate of drug-likeness (QED) is 0.771. The molecule has 1 aromatic heterocycles. The van der Waals surface area contributed by atoms with Crippen molar-refractivity contribution < 1.29 is 14.3 Å². The number of likely N-dealkylation sites (tertiary alicyclic amines) is 1. The van der Waals surface area contributed by atoms with Gasteiger partial charge in [0.25, 0.3) is 5.91 Å². The van der Waals surface area contributed by atoms with Gasteiger partial charge in [-0.2, -0.15) is 0 Å². The minimum atomic E-state index is -0.759. The first-order chi connectivity index (χ1) is 9.69. The number of amides is 1. The smallest absolute Gasteiger partial charge is 0.331 e. The summed E-state index contributed by atoms with van der Waals surface area (Å²) in [4.78, 5) is 30.7. The number of hydrogen-bond donors (Lipinski definition) is 0. The molecular weight excluding hydrogens is 256 g/mol. The van der Waals surface area contributed by atoms with Crippen LogP contribution in [0, 0.1) is 0 Å². The first-order valence-electron chi connectivity index (χ1n) is 7.02. The van der Waals surface area contributed by atoms with Gasteiger partial charge in [0.2, 0.25) is 0 Å². The molecule has 5 nitrogen and oxygen atoms in total. The second-order valence-corrected chi connectivity index (χ2v) is 5.52. The molecule has 2 fully saturated rings. The maximum absolute atomic E-state index is 12.7. The van der Waals surface area contributed by atoms with Crippen molar-refractivity contribution in [3.05, 3.63) is 30.1 Å². The Bertz CT molecular complexity index is 527. The Morgan fingerprint density at radius 3 is 2.95 bits per heavy atom. The summed E-state index contributed by atoms with van der Waals surface area (Å²) in [6.07, 6.45) is 5.97. The molecule has 20 heavy (non-hydrogen) atoms. The van der Waals surface area contributed by atoms with Crippen molar-refractivity contribution >= 4 is 11.9 Å². The zero-order valence-corrected chi connectivity index (χ0v) is 11.5. The van der Waals surface area contributed by atoms with Crippen LogP contribution in [0.1, 0.15) is 42.6 Å². The van der Waals surface area contributed by atoms with E-state index in [1.54, 1.807) is 29.3 Å². The molecule has 1 amide bonds. The summed E-state index contributed by atoms with van der Waals surface area (Å²) in [5, 5.41) is 0. The van der Waals surface area contributed by atoms with Gasteiger partial charge in [0.05, 0.1) is 7.11 Å². The van der Waals surface area contributed by atoms with Crippen molar-refractivity contribution in [1.82, 2.24) is 9.88 Å². The summed E-state index contributed by atoms with van der Waals surface area (Å²) < 4.78 is 4.95. The number of carbonyl (C=O) groups is 2. The Hall–Kier alpha value is -1.91. The van der Waals surface area contributed by atoms with Gasteiger partial charge < -0.3 is 9.64 Å². The fourth-order valence-electron chi connectivity index (χ4n) is 3.51. The van der Waals surface area contributed by atoms with Crippen LogP contribution in [0.3, 0.4) is 0 Å². The fraction of sp³-hybridized carbons (Fsp3) is 0.533. The topological polar surface area (TPSA) is 59.5 Å². The number of aromatic nitrogens is 1. The molecule has 3 rings (SSSR count). The second-order valence-electron chi connectivity index (χ2n) is 5.52. The molecule has 0 N–H and O–H groups in total. The second kappa shape index (κ2) is 4.89. The van der Waals surface area contributed by atoms with Crippen LogP contribution in [0.5, 0.6) is 0 Å². The van der Waals surface area contributed by atoms with E-state index in [0.717, 1.165) is 25.7 Å². The van der Waals surface area contributed by atoms with E-state index in [-0.39, 0.29) is 17.9 Å². The molecule has 2 aliphatic rings. The van der Waals surface area contributed by atoms with Crippen molar-refractivity contribution in [3.63, 3.8) is 0 Å². The van der Waals surface area contributed by atoms with Crippen LogP contribution >= 0.6 is 0 Å². The number of rotatable bonds is 2. The van der Waals surface area contributed by atoms with Gasteiger partial charge >= 0.3 is 5.97 Å². The van der Waals surface area contributed by atoms with Crippen LogP contribution in [0.15, 0.2) is 24.4 Å². The van der Waals surface area contributed by atoms with E-state index >= 15 is 0 Å². The SMILES string of the molecule is COC(=O)[C@]12CCCC[C@H](C1)N2C(=O)c1ccccn1. The van der Waals surface area contributed by atoms with Crippen molar-refractivity contribution in [2.75, 3.05) is 7.11 Å². The first kappa shape index (κ1) is 13.1. The standard InChI is InChI=1S/C15H18N2O3/c1-20-14(19)15-8-4-2-6-11(10-15)17(15)13(18)12-7-3-5-9-16-12/h3,5,7,9,11H,2,4,6,8,10H2,1H3/t11-,15+/m1/s1. The van der Waals surface area contributed by atoms with Crippen LogP contribution in [-0.2, 0) is 9.53 Å². The Labute approximate surface area is 117 Å². The average Bonchev–Trinajstić information content (AvgIpc) is 2.80. The molecule has 1 saturated carbocycles. The molecule has 5 heteroatoms.